The minimum Gasteiger partial charge on any atom is -0.467 e. The summed E-state index contributed by atoms with van der Waals surface area (Å²) in [7, 11) is 1.93. The van der Waals surface area contributed by atoms with Crippen molar-refractivity contribution in [3.05, 3.63) is 41.6 Å². The zero-order valence-electron chi connectivity index (χ0n) is 9.03. The SMILES string of the molecule is CNCc1ccoc1Cn1nccc1C. The molecule has 2 aromatic rings. The van der Waals surface area contributed by atoms with Crippen LogP contribution in [-0.4, -0.2) is 16.8 Å². The molecule has 15 heavy (non-hydrogen) atoms. The summed E-state index contributed by atoms with van der Waals surface area (Å²) in [5.74, 6) is 0.969. The van der Waals surface area contributed by atoms with Crippen LogP contribution in [0.5, 0.6) is 0 Å². The van der Waals surface area contributed by atoms with Gasteiger partial charge in [0.1, 0.15) is 5.76 Å². The molecule has 0 saturated carbocycles. The molecule has 0 atom stereocenters. The largest absolute Gasteiger partial charge is 0.467 e. The molecule has 0 spiro atoms. The first-order valence-corrected chi connectivity index (χ1v) is 4.99. The van der Waals surface area contributed by atoms with Crippen molar-refractivity contribution < 1.29 is 4.42 Å². The molecule has 0 radical (unpaired) electrons. The smallest absolute Gasteiger partial charge is 0.129 e. The highest BCUT2D eigenvalue weighted by Gasteiger charge is 2.07. The van der Waals surface area contributed by atoms with Crippen LogP contribution < -0.4 is 5.32 Å². The number of nitrogens with one attached hydrogen (secondary N) is 1. The fraction of sp³-hybridized carbons (Fsp3) is 0.364. The number of nitrogens with zero attached hydrogens (tertiary/aromatic N) is 2. The number of furan rings is 1. The predicted octanol–water partition coefficient (Wildman–Crippen LogP) is 1.55. The molecule has 0 saturated heterocycles. The molecule has 4 nitrogen and oxygen atoms in total. The second kappa shape index (κ2) is 4.31. The Morgan fingerprint density at radius 3 is 3.00 bits per heavy atom. The first-order valence-electron chi connectivity index (χ1n) is 4.99. The van der Waals surface area contributed by atoms with Crippen LogP contribution in [0.25, 0.3) is 0 Å². The summed E-state index contributed by atoms with van der Waals surface area (Å²) in [5, 5.41) is 7.34. The van der Waals surface area contributed by atoms with Crippen LogP contribution in [-0.2, 0) is 13.1 Å². The van der Waals surface area contributed by atoms with Crippen molar-refractivity contribution in [1.82, 2.24) is 15.1 Å². The van der Waals surface area contributed by atoms with Crippen LogP contribution in [0.2, 0.25) is 0 Å². The Hall–Kier alpha value is -1.55. The lowest BCUT2D eigenvalue weighted by atomic mass is 10.2. The van der Waals surface area contributed by atoms with E-state index in [1.807, 2.05) is 30.8 Å². The van der Waals surface area contributed by atoms with Crippen molar-refractivity contribution in [3.8, 4) is 0 Å². The third kappa shape index (κ3) is 2.10. The summed E-state index contributed by atoms with van der Waals surface area (Å²) in [6.07, 6.45) is 3.52. The Morgan fingerprint density at radius 2 is 2.33 bits per heavy atom. The Morgan fingerprint density at radius 1 is 1.47 bits per heavy atom. The van der Waals surface area contributed by atoms with Crippen molar-refractivity contribution in [2.24, 2.45) is 0 Å². The quantitative estimate of drug-likeness (QED) is 0.823. The summed E-state index contributed by atoms with van der Waals surface area (Å²) >= 11 is 0. The number of rotatable bonds is 4. The zero-order chi connectivity index (χ0) is 10.7. The molecule has 1 N–H and O–H groups in total. The van der Waals surface area contributed by atoms with Gasteiger partial charge in [-0.05, 0) is 26.1 Å². The van der Waals surface area contributed by atoms with Gasteiger partial charge in [0.25, 0.3) is 0 Å². The lowest BCUT2D eigenvalue weighted by Gasteiger charge is -2.04. The van der Waals surface area contributed by atoms with E-state index in [9.17, 15) is 0 Å². The van der Waals surface area contributed by atoms with E-state index in [2.05, 4.69) is 10.4 Å². The van der Waals surface area contributed by atoms with E-state index in [-0.39, 0.29) is 0 Å². The lowest BCUT2D eigenvalue weighted by Crippen LogP contribution is -2.09. The van der Waals surface area contributed by atoms with Gasteiger partial charge < -0.3 is 9.73 Å². The third-order valence-electron chi connectivity index (χ3n) is 2.43. The first-order chi connectivity index (χ1) is 7.31. The number of hydrogen-bond donors (Lipinski definition) is 1. The minimum atomic E-state index is 0.697. The maximum Gasteiger partial charge on any atom is 0.129 e. The molecule has 2 aromatic heterocycles. The van der Waals surface area contributed by atoms with E-state index in [0.717, 1.165) is 18.0 Å². The van der Waals surface area contributed by atoms with Crippen molar-refractivity contribution in [3.63, 3.8) is 0 Å². The van der Waals surface area contributed by atoms with Crippen LogP contribution in [0.3, 0.4) is 0 Å². The molecule has 0 unspecified atom stereocenters. The fourth-order valence-corrected chi connectivity index (χ4v) is 1.55. The molecule has 4 heteroatoms. The number of aromatic nitrogens is 2. The van der Waals surface area contributed by atoms with Crippen LogP contribution >= 0.6 is 0 Å². The number of hydrogen-bond acceptors (Lipinski definition) is 3. The van der Waals surface area contributed by atoms with Gasteiger partial charge in [-0.1, -0.05) is 0 Å². The van der Waals surface area contributed by atoms with Gasteiger partial charge in [-0.3, -0.25) is 4.68 Å². The molecule has 2 rings (SSSR count). The summed E-state index contributed by atoms with van der Waals surface area (Å²) in [4.78, 5) is 0. The maximum absolute atomic E-state index is 5.44. The van der Waals surface area contributed by atoms with Crippen molar-refractivity contribution in [2.75, 3.05) is 7.05 Å². The maximum atomic E-state index is 5.44. The second-order valence-corrected chi connectivity index (χ2v) is 3.53. The van der Waals surface area contributed by atoms with Gasteiger partial charge in [0, 0.05) is 24.0 Å². The Kier molecular flexibility index (Phi) is 2.87. The molecule has 80 valence electrons. The molecular formula is C11H15N3O. The van der Waals surface area contributed by atoms with Gasteiger partial charge in [0.05, 0.1) is 12.8 Å². The molecule has 0 aromatic carbocycles. The molecule has 2 heterocycles. The van der Waals surface area contributed by atoms with Crippen LogP contribution in [0.1, 0.15) is 17.0 Å². The molecule has 0 amide bonds. The second-order valence-electron chi connectivity index (χ2n) is 3.53. The Bertz CT molecular complexity index is 430. The van der Waals surface area contributed by atoms with Gasteiger partial charge in [0.2, 0.25) is 0 Å². The van der Waals surface area contributed by atoms with Crippen molar-refractivity contribution in [1.29, 1.82) is 0 Å². The van der Waals surface area contributed by atoms with E-state index in [1.54, 1.807) is 12.5 Å². The van der Waals surface area contributed by atoms with E-state index in [0.29, 0.717) is 6.54 Å². The van der Waals surface area contributed by atoms with Gasteiger partial charge in [0.15, 0.2) is 0 Å². The Balaban J connectivity index is 2.17. The summed E-state index contributed by atoms with van der Waals surface area (Å²) in [6.45, 7) is 3.56. The van der Waals surface area contributed by atoms with Crippen molar-refractivity contribution >= 4 is 0 Å². The molecule has 0 bridgehead atoms. The van der Waals surface area contributed by atoms with E-state index in [1.165, 1.54) is 5.56 Å². The summed E-state index contributed by atoms with van der Waals surface area (Å²) in [5.41, 5.74) is 2.33. The Labute approximate surface area is 88.9 Å². The summed E-state index contributed by atoms with van der Waals surface area (Å²) < 4.78 is 7.37. The van der Waals surface area contributed by atoms with E-state index < -0.39 is 0 Å². The molecule has 0 aliphatic heterocycles. The first kappa shape index (κ1) is 9.98. The molecular weight excluding hydrogens is 190 g/mol. The highest BCUT2D eigenvalue weighted by Crippen LogP contribution is 2.12. The van der Waals surface area contributed by atoms with E-state index in [4.69, 9.17) is 4.42 Å². The van der Waals surface area contributed by atoms with Crippen LogP contribution in [0, 0.1) is 6.92 Å². The zero-order valence-corrected chi connectivity index (χ0v) is 9.03. The highest BCUT2D eigenvalue weighted by atomic mass is 16.3. The standard InChI is InChI=1S/C11H15N3O/c1-9-3-5-13-14(9)8-11-10(7-12-2)4-6-15-11/h3-6,12H,7-8H2,1-2H3. The molecule has 0 fully saturated rings. The highest BCUT2D eigenvalue weighted by molar-refractivity contribution is 5.17. The normalized spacial score (nSPS) is 10.8. The average molecular weight is 205 g/mol. The average Bonchev–Trinajstić information content (AvgIpc) is 2.80. The lowest BCUT2D eigenvalue weighted by molar-refractivity contribution is 0.470. The van der Waals surface area contributed by atoms with Gasteiger partial charge in [-0.15, -0.1) is 0 Å². The molecule has 0 aliphatic rings. The monoisotopic (exact) mass is 205 g/mol. The van der Waals surface area contributed by atoms with Gasteiger partial charge >= 0.3 is 0 Å². The van der Waals surface area contributed by atoms with Gasteiger partial charge in [-0.2, -0.15) is 5.10 Å². The van der Waals surface area contributed by atoms with Crippen LogP contribution in [0.4, 0.5) is 0 Å². The van der Waals surface area contributed by atoms with Crippen molar-refractivity contribution in [2.45, 2.75) is 20.0 Å². The predicted molar refractivity (Wildman–Crippen MR) is 57.5 cm³/mol. The van der Waals surface area contributed by atoms with Crippen LogP contribution in [0.15, 0.2) is 29.0 Å². The van der Waals surface area contributed by atoms with E-state index >= 15 is 0 Å². The fourth-order valence-electron chi connectivity index (χ4n) is 1.55. The third-order valence-corrected chi connectivity index (χ3v) is 2.43. The molecule has 0 aliphatic carbocycles. The summed E-state index contributed by atoms with van der Waals surface area (Å²) in [6, 6.07) is 3.98. The number of aryl methyl sites for hydroxylation is 1. The topological polar surface area (TPSA) is 43.0 Å². The van der Waals surface area contributed by atoms with Gasteiger partial charge in [-0.25, -0.2) is 0 Å². The minimum absolute atomic E-state index is 0.697.